The molecule has 3 atom stereocenters. The Morgan fingerprint density at radius 1 is 1.27 bits per heavy atom. The van der Waals surface area contributed by atoms with Crippen molar-refractivity contribution in [3.63, 3.8) is 0 Å². The van der Waals surface area contributed by atoms with E-state index in [2.05, 4.69) is 15.6 Å². The molecule has 0 bridgehead atoms. The van der Waals surface area contributed by atoms with E-state index >= 15 is 0 Å². The Bertz CT molecular complexity index is 593. The number of nitrogens with zero attached hydrogens (tertiary/aromatic N) is 2. The molecule has 3 heterocycles. The summed E-state index contributed by atoms with van der Waals surface area (Å²) in [7, 11) is 0. The Kier molecular flexibility index (Phi) is 3.51. The number of carbonyl (C=O) groups excluding carboxylic acids is 2. The number of amides is 3. The van der Waals surface area contributed by atoms with Crippen LogP contribution in [0.1, 0.15) is 12.8 Å². The van der Waals surface area contributed by atoms with Crippen molar-refractivity contribution in [3.05, 3.63) is 24.5 Å². The van der Waals surface area contributed by atoms with E-state index in [0.717, 1.165) is 4.90 Å². The zero-order valence-electron chi connectivity index (χ0n) is 11.3. The van der Waals surface area contributed by atoms with Crippen molar-refractivity contribution >= 4 is 17.6 Å². The summed E-state index contributed by atoms with van der Waals surface area (Å²) in [6.45, 7) is 0. The van der Waals surface area contributed by atoms with Gasteiger partial charge in [-0.25, -0.2) is 4.79 Å². The van der Waals surface area contributed by atoms with Crippen LogP contribution in [0.15, 0.2) is 24.5 Å². The average Bonchev–Trinajstić information content (AvgIpc) is 2.47. The molecule has 0 aromatic carbocycles. The number of fused-ring (bicyclic) bond motifs is 1. The molecule has 2 aliphatic heterocycles. The number of aromatic nitrogens is 1. The minimum atomic E-state index is -4.43. The van der Waals surface area contributed by atoms with Crippen molar-refractivity contribution in [2.75, 3.05) is 4.90 Å². The van der Waals surface area contributed by atoms with Gasteiger partial charge in [-0.2, -0.15) is 13.2 Å². The fourth-order valence-electron chi connectivity index (χ4n) is 2.86. The van der Waals surface area contributed by atoms with Crippen LogP contribution in [0.2, 0.25) is 0 Å². The zero-order valence-corrected chi connectivity index (χ0v) is 11.3. The monoisotopic (exact) mass is 314 g/mol. The van der Waals surface area contributed by atoms with Crippen LogP contribution in [0.3, 0.4) is 0 Å². The molecular formula is C13H13F3N4O2. The van der Waals surface area contributed by atoms with Gasteiger partial charge in [0.15, 0.2) is 0 Å². The number of imide groups is 1. The Balaban J connectivity index is 1.94. The molecule has 2 aliphatic rings. The number of pyridine rings is 1. The van der Waals surface area contributed by atoms with E-state index in [1.54, 1.807) is 12.1 Å². The second kappa shape index (κ2) is 5.24. The van der Waals surface area contributed by atoms with Gasteiger partial charge in [0.05, 0.1) is 17.8 Å². The molecule has 9 heteroatoms. The van der Waals surface area contributed by atoms with Crippen molar-refractivity contribution in [2.24, 2.45) is 5.92 Å². The summed E-state index contributed by atoms with van der Waals surface area (Å²) >= 11 is 0. The van der Waals surface area contributed by atoms with Crippen molar-refractivity contribution in [3.8, 4) is 0 Å². The summed E-state index contributed by atoms with van der Waals surface area (Å²) in [6.07, 6.45) is -2.76. The summed E-state index contributed by atoms with van der Waals surface area (Å²) in [5, 5.41) is 4.58. The number of rotatable bonds is 1. The minimum Gasteiger partial charge on any atom is -0.285 e. The van der Waals surface area contributed by atoms with Crippen LogP contribution >= 0.6 is 0 Å². The fraction of sp³-hybridized carbons (Fsp3) is 0.462. The van der Waals surface area contributed by atoms with E-state index in [4.69, 9.17) is 0 Å². The molecule has 1 aromatic heterocycles. The van der Waals surface area contributed by atoms with E-state index in [0.29, 0.717) is 5.69 Å². The minimum absolute atomic E-state index is 0.0533. The Hall–Kier alpha value is -2.16. The van der Waals surface area contributed by atoms with Crippen LogP contribution in [0.5, 0.6) is 0 Å². The number of halogens is 3. The smallest absolute Gasteiger partial charge is 0.285 e. The normalized spacial score (nSPS) is 29.0. The van der Waals surface area contributed by atoms with Gasteiger partial charge in [-0.3, -0.25) is 25.3 Å². The number of nitrogens with one attached hydrogen (secondary N) is 2. The zero-order chi connectivity index (χ0) is 15.9. The Morgan fingerprint density at radius 2 is 2.05 bits per heavy atom. The van der Waals surface area contributed by atoms with Gasteiger partial charge in [0.25, 0.3) is 0 Å². The van der Waals surface area contributed by atoms with Crippen molar-refractivity contribution < 1.29 is 22.8 Å². The maximum atomic E-state index is 12.9. The lowest BCUT2D eigenvalue weighted by Crippen LogP contribution is -2.70. The third kappa shape index (κ3) is 2.52. The van der Waals surface area contributed by atoms with Gasteiger partial charge < -0.3 is 0 Å². The second-order valence-electron chi connectivity index (χ2n) is 5.27. The number of anilines is 1. The number of urea groups is 1. The number of piperidine rings is 1. The predicted molar refractivity (Wildman–Crippen MR) is 69.7 cm³/mol. The van der Waals surface area contributed by atoms with E-state index in [1.807, 2.05) is 0 Å². The van der Waals surface area contributed by atoms with Crippen LogP contribution in [0, 0.1) is 5.92 Å². The molecule has 0 spiro atoms. The quantitative estimate of drug-likeness (QED) is 0.821. The molecule has 0 radical (unpaired) electrons. The lowest BCUT2D eigenvalue weighted by atomic mass is 9.88. The van der Waals surface area contributed by atoms with Crippen LogP contribution in [-0.2, 0) is 4.79 Å². The van der Waals surface area contributed by atoms with E-state index < -0.39 is 36.2 Å². The predicted octanol–water partition coefficient (Wildman–Crippen LogP) is 1.39. The highest BCUT2D eigenvalue weighted by atomic mass is 19.4. The van der Waals surface area contributed by atoms with Crippen LogP contribution in [0.4, 0.5) is 23.7 Å². The van der Waals surface area contributed by atoms with Gasteiger partial charge >= 0.3 is 12.2 Å². The van der Waals surface area contributed by atoms with Gasteiger partial charge in [0, 0.05) is 6.20 Å². The van der Waals surface area contributed by atoms with Crippen LogP contribution in [0.25, 0.3) is 0 Å². The molecule has 2 fully saturated rings. The maximum Gasteiger partial charge on any atom is 0.403 e. The van der Waals surface area contributed by atoms with Crippen molar-refractivity contribution in [1.82, 2.24) is 15.6 Å². The molecule has 0 saturated carbocycles. The summed E-state index contributed by atoms with van der Waals surface area (Å²) in [4.78, 5) is 28.9. The second-order valence-corrected chi connectivity index (χ2v) is 5.27. The maximum absolute atomic E-state index is 12.9. The van der Waals surface area contributed by atoms with Gasteiger partial charge in [-0.05, 0) is 25.0 Å². The molecule has 0 aliphatic carbocycles. The van der Waals surface area contributed by atoms with Crippen LogP contribution in [-0.4, -0.2) is 35.3 Å². The van der Waals surface area contributed by atoms with Crippen molar-refractivity contribution in [2.45, 2.75) is 31.2 Å². The molecule has 118 valence electrons. The van der Waals surface area contributed by atoms with E-state index in [1.165, 1.54) is 12.4 Å². The lowest BCUT2D eigenvalue weighted by molar-refractivity contribution is -0.168. The summed E-state index contributed by atoms with van der Waals surface area (Å²) in [6, 6.07) is 0.623. The molecule has 3 amide bonds. The summed E-state index contributed by atoms with van der Waals surface area (Å²) in [5.74, 6) is -1.28. The van der Waals surface area contributed by atoms with E-state index in [9.17, 15) is 22.8 Å². The van der Waals surface area contributed by atoms with E-state index in [-0.39, 0.29) is 12.8 Å². The van der Waals surface area contributed by atoms with Gasteiger partial charge in [-0.1, -0.05) is 0 Å². The largest absolute Gasteiger partial charge is 0.403 e. The van der Waals surface area contributed by atoms with Gasteiger partial charge in [0.1, 0.15) is 12.2 Å². The molecule has 6 nitrogen and oxygen atoms in total. The topological polar surface area (TPSA) is 74.3 Å². The third-order valence-electron chi connectivity index (χ3n) is 3.90. The Labute approximate surface area is 123 Å². The van der Waals surface area contributed by atoms with Crippen LogP contribution < -0.4 is 15.5 Å². The number of alkyl halides is 3. The lowest BCUT2D eigenvalue weighted by Gasteiger charge is -2.45. The molecule has 2 saturated heterocycles. The Morgan fingerprint density at radius 3 is 2.68 bits per heavy atom. The first-order valence-electron chi connectivity index (χ1n) is 6.75. The summed E-state index contributed by atoms with van der Waals surface area (Å²) < 4.78 is 38.8. The number of hydrogen-bond acceptors (Lipinski definition) is 4. The molecule has 2 N–H and O–H groups in total. The SMILES string of the molecule is O=C1NC(=O)N(c2cccnc2)C2NC(C(F)(F)F)CCC12. The molecular weight excluding hydrogens is 301 g/mol. The molecule has 3 rings (SSSR count). The van der Waals surface area contributed by atoms with Gasteiger partial charge in [0.2, 0.25) is 5.91 Å². The van der Waals surface area contributed by atoms with Crippen molar-refractivity contribution in [1.29, 1.82) is 0 Å². The first-order chi connectivity index (χ1) is 10.4. The first-order valence-corrected chi connectivity index (χ1v) is 6.75. The first kappa shape index (κ1) is 14.8. The average molecular weight is 314 g/mol. The third-order valence-corrected chi connectivity index (χ3v) is 3.90. The highest BCUT2D eigenvalue weighted by Crippen LogP contribution is 2.34. The highest BCUT2D eigenvalue weighted by Gasteiger charge is 2.51. The highest BCUT2D eigenvalue weighted by molar-refractivity contribution is 6.07. The number of carbonyl (C=O) groups is 2. The molecule has 22 heavy (non-hydrogen) atoms. The molecule has 3 unspecified atom stereocenters. The summed E-state index contributed by atoms with van der Waals surface area (Å²) in [5.41, 5.74) is 0.331. The fourth-order valence-corrected chi connectivity index (χ4v) is 2.86. The van der Waals surface area contributed by atoms with Gasteiger partial charge in [-0.15, -0.1) is 0 Å². The molecule has 1 aromatic rings. The number of hydrogen-bond donors (Lipinski definition) is 2. The standard InChI is InChI=1S/C13H13F3N4O2/c14-13(15,16)9-4-3-8-10(18-9)20(12(22)19-11(8)21)7-2-1-5-17-6-7/h1-2,5-6,8-10,18H,3-4H2,(H,19,21,22).